The van der Waals surface area contributed by atoms with Gasteiger partial charge in [-0.05, 0) is 0 Å². The second-order valence-electron chi connectivity index (χ2n) is 4.46. The number of hydrogen-bond acceptors (Lipinski definition) is 4. The van der Waals surface area contributed by atoms with Crippen molar-refractivity contribution in [2.75, 3.05) is 12.8 Å². The van der Waals surface area contributed by atoms with Gasteiger partial charge in [-0.25, -0.2) is 0 Å². The summed E-state index contributed by atoms with van der Waals surface area (Å²) in [7, 11) is 1.35. The summed E-state index contributed by atoms with van der Waals surface area (Å²) in [5.41, 5.74) is 6.36. The van der Waals surface area contributed by atoms with Crippen LogP contribution in [0.3, 0.4) is 0 Å². The van der Waals surface area contributed by atoms with Crippen LogP contribution in [0.4, 0.5) is 5.69 Å². The molecule has 0 radical (unpaired) electrons. The Morgan fingerprint density at radius 3 is 2.71 bits per heavy atom. The monoisotopic (exact) mass is 299 g/mol. The second kappa shape index (κ2) is 5.56. The van der Waals surface area contributed by atoms with E-state index in [-0.39, 0.29) is 5.97 Å². The van der Waals surface area contributed by atoms with Crippen molar-refractivity contribution in [1.82, 2.24) is 0 Å². The van der Waals surface area contributed by atoms with Gasteiger partial charge in [0.05, 0.1) is 0 Å². The van der Waals surface area contributed by atoms with Gasteiger partial charge < -0.3 is 0 Å². The fourth-order valence-corrected chi connectivity index (χ4v) is 3.72. The molecule has 1 aromatic carbocycles. The van der Waals surface area contributed by atoms with Crippen LogP contribution >= 0.6 is 0 Å². The Bertz CT molecular complexity index is 413. The van der Waals surface area contributed by atoms with Crippen molar-refractivity contribution in [2.24, 2.45) is 0 Å². The first-order valence-corrected chi connectivity index (χ1v) is 7.81. The van der Waals surface area contributed by atoms with Gasteiger partial charge in [0.1, 0.15) is 0 Å². The number of nitrogens with two attached hydrogens (primary N) is 1. The Kier molecular flexibility index (Phi) is 4.60. The summed E-state index contributed by atoms with van der Waals surface area (Å²) < 4.78 is 5.64. The molecule has 0 aliphatic rings. The summed E-state index contributed by atoms with van der Waals surface area (Å²) >= 11 is -0.557. The molecule has 5 heteroatoms. The van der Waals surface area contributed by atoms with Crippen molar-refractivity contribution in [3.05, 3.63) is 23.8 Å². The first-order chi connectivity index (χ1) is 7.83. The van der Waals surface area contributed by atoms with E-state index in [2.05, 4.69) is 4.74 Å². The molecule has 0 saturated carbocycles. The Morgan fingerprint density at radius 2 is 2.18 bits per heavy atom. The fraction of sp³-hybridized carbons (Fsp3) is 0.417. The van der Waals surface area contributed by atoms with Crippen LogP contribution in [0.1, 0.15) is 24.2 Å². The number of carbonyl (C=O) groups is 1. The molecule has 17 heavy (non-hydrogen) atoms. The minimum atomic E-state index is -0.687. The second-order valence-corrected chi connectivity index (χ2v) is 7.07. The molecule has 1 unspecified atom stereocenters. The zero-order chi connectivity index (χ0) is 13.1. The summed E-state index contributed by atoms with van der Waals surface area (Å²) in [6.45, 7) is 3.55. The van der Waals surface area contributed by atoms with Gasteiger partial charge >= 0.3 is 108 Å². The average molecular weight is 299 g/mol. The molecule has 4 nitrogen and oxygen atoms in total. The molecule has 0 aliphatic carbocycles. The van der Waals surface area contributed by atoms with Gasteiger partial charge in [-0.1, -0.05) is 0 Å². The molecule has 1 aromatic rings. The van der Waals surface area contributed by atoms with Crippen LogP contribution in [-0.2, 0) is 4.74 Å². The van der Waals surface area contributed by atoms with Crippen LogP contribution in [0.2, 0.25) is 5.21 Å². The van der Waals surface area contributed by atoms with Crippen molar-refractivity contribution in [2.45, 2.75) is 24.7 Å². The third-order valence-electron chi connectivity index (χ3n) is 2.19. The van der Waals surface area contributed by atoms with Gasteiger partial charge in [0.2, 0.25) is 0 Å². The van der Waals surface area contributed by atoms with Gasteiger partial charge in [0, 0.05) is 0 Å². The fourth-order valence-electron chi connectivity index (χ4n) is 1.27. The van der Waals surface area contributed by atoms with E-state index in [4.69, 9.17) is 5.73 Å². The quantitative estimate of drug-likeness (QED) is 0.477. The molecule has 3 N–H and O–H groups in total. The number of benzene rings is 1. The van der Waals surface area contributed by atoms with Crippen LogP contribution in [0.25, 0.3) is 0 Å². The van der Waals surface area contributed by atoms with Crippen LogP contribution in [0.15, 0.2) is 18.2 Å². The SMILES string of the molecule is COC(=O)c1ccc(N)c([AsH]CC(C)(C)O)c1. The summed E-state index contributed by atoms with van der Waals surface area (Å²) in [6, 6.07) is 5.14. The van der Waals surface area contributed by atoms with E-state index in [1.807, 2.05) is 0 Å². The summed E-state index contributed by atoms with van der Waals surface area (Å²) in [5.74, 6) is -0.360. The summed E-state index contributed by atoms with van der Waals surface area (Å²) in [6.07, 6.45) is 0. The van der Waals surface area contributed by atoms with Crippen molar-refractivity contribution >= 4 is 31.8 Å². The van der Waals surface area contributed by atoms with E-state index in [1.54, 1.807) is 32.0 Å². The van der Waals surface area contributed by atoms with Crippen molar-refractivity contribution in [1.29, 1.82) is 0 Å². The molecule has 94 valence electrons. The zero-order valence-corrected chi connectivity index (χ0v) is 12.4. The first-order valence-electron chi connectivity index (χ1n) is 5.27. The molecule has 0 aliphatic heterocycles. The minimum absolute atomic E-state index is 0.360. The van der Waals surface area contributed by atoms with Crippen LogP contribution in [-0.4, -0.2) is 39.5 Å². The normalized spacial score (nSPS) is 12.0. The molecular formula is C12H18AsNO3. The van der Waals surface area contributed by atoms with Crippen LogP contribution in [0.5, 0.6) is 0 Å². The molecular weight excluding hydrogens is 281 g/mol. The molecule has 0 fully saturated rings. The Morgan fingerprint density at radius 1 is 1.53 bits per heavy atom. The number of ether oxygens (including phenoxy) is 1. The number of anilines is 1. The van der Waals surface area contributed by atoms with Gasteiger partial charge in [-0.3, -0.25) is 0 Å². The van der Waals surface area contributed by atoms with E-state index in [0.717, 1.165) is 4.35 Å². The number of esters is 1. The summed E-state index contributed by atoms with van der Waals surface area (Å²) in [5, 5.41) is 10.4. The van der Waals surface area contributed by atoms with E-state index < -0.39 is 21.4 Å². The van der Waals surface area contributed by atoms with Crippen molar-refractivity contribution < 1.29 is 14.6 Å². The molecule has 0 heterocycles. The first kappa shape index (κ1) is 14.1. The average Bonchev–Trinajstić information content (AvgIpc) is 2.26. The number of methoxy groups -OCH3 is 1. The molecule has 0 spiro atoms. The van der Waals surface area contributed by atoms with E-state index in [1.165, 1.54) is 7.11 Å². The molecule has 1 atom stereocenters. The molecule has 1 rings (SSSR count). The van der Waals surface area contributed by atoms with Gasteiger partial charge in [-0.2, -0.15) is 0 Å². The molecule has 0 bridgehead atoms. The maximum absolute atomic E-state index is 11.4. The van der Waals surface area contributed by atoms with Crippen LogP contribution < -0.4 is 10.1 Å². The predicted molar refractivity (Wildman–Crippen MR) is 70.1 cm³/mol. The van der Waals surface area contributed by atoms with Crippen molar-refractivity contribution in [3.8, 4) is 0 Å². The third-order valence-corrected chi connectivity index (χ3v) is 6.08. The van der Waals surface area contributed by atoms with Gasteiger partial charge in [0.25, 0.3) is 0 Å². The van der Waals surface area contributed by atoms with Crippen molar-refractivity contribution in [3.63, 3.8) is 0 Å². The Labute approximate surface area is 108 Å². The van der Waals surface area contributed by atoms with Crippen LogP contribution in [0, 0.1) is 0 Å². The number of rotatable bonds is 4. The van der Waals surface area contributed by atoms with Gasteiger partial charge in [-0.15, -0.1) is 0 Å². The molecule has 0 saturated heterocycles. The standard InChI is InChI=1S/C12H18AsNO3/c1-12(2,16)7-13-9-6-8(11(15)17-3)4-5-10(9)14/h4-6,13,16H,7,14H2,1-3H3. The molecule has 0 aromatic heterocycles. The van der Waals surface area contributed by atoms with E-state index in [0.29, 0.717) is 16.5 Å². The third kappa shape index (κ3) is 4.41. The zero-order valence-electron chi connectivity index (χ0n) is 10.3. The number of aliphatic hydroxyl groups is 1. The number of hydrogen-bond donors (Lipinski definition) is 2. The Hall–Kier alpha value is -0.992. The summed E-state index contributed by atoms with van der Waals surface area (Å²) in [4.78, 5) is 11.4. The van der Waals surface area contributed by atoms with Gasteiger partial charge in [0.15, 0.2) is 0 Å². The maximum atomic E-state index is 11.4. The van der Waals surface area contributed by atoms with E-state index in [9.17, 15) is 9.90 Å². The van der Waals surface area contributed by atoms with E-state index >= 15 is 0 Å². The number of nitrogen functional groups attached to an aromatic ring is 1. The molecule has 0 amide bonds. The number of carbonyl (C=O) groups excluding carboxylic acids is 1. The predicted octanol–water partition coefficient (Wildman–Crippen LogP) is 0.306. The Balaban J connectivity index is 2.87. The topological polar surface area (TPSA) is 72.5 Å².